The molecule has 5 rings (SSSR count). The van der Waals surface area contributed by atoms with E-state index in [4.69, 9.17) is 14.1 Å². The number of aromatic nitrogens is 2. The number of hydrogen-bond acceptors (Lipinski definition) is 6. The zero-order valence-electron chi connectivity index (χ0n) is 17.8. The quantitative estimate of drug-likeness (QED) is 0.328. The second-order valence-electron chi connectivity index (χ2n) is 7.91. The zero-order chi connectivity index (χ0) is 22.8. The Kier molecular flexibility index (Phi) is 6.15. The maximum atomic E-state index is 13.3. The van der Waals surface area contributed by atoms with Crippen molar-refractivity contribution in [2.75, 3.05) is 12.4 Å². The molecule has 0 saturated carbocycles. The van der Waals surface area contributed by atoms with Gasteiger partial charge in [-0.3, -0.25) is 14.2 Å². The molecule has 1 atom stereocenters. The maximum absolute atomic E-state index is 13.3. The molecule has 1 N–H and O–H groups in total. The largest absolute Gasteiger partial charge is 0.448 e. The second-order valence-corrected chi connectivity index (χ2v) is 8.86. The van der Waals surface area contributed by atoms with E-state index in [0.717, 1.165) is 23.8 Å². The first-order valence-electron chi connectivity index (χ1n) is 10.8. The number of hydrogen-bond donors (Lipinski definition) is 1. The van der Waals surface area contributed by atoms with Crippen LogP contribution in [0.15, 0.2) is 62.9 Å². The second kappa shape index (κ2) is 9.36. The predicted molar refractivity (Wildman–Crippen MR) is 124 cm³/mol. The molecule has 1 fully saturated rings. The SMILES string of the molecule is O=C(CSc1nc2c(oc3ccccc32)c(=O)n1C[C@H]1CCCO1)NCc1ccc(F)cc1. The van der Waals surface area contributed by atoms with Crippen molar-refractivity contribution in [2.24, 2.45) is 0 Å². The summed E-state index contributed by atoms with van der Waals surface area (Å²) in [6.45, 7) is 1.33. The average Bonchev–Trinajstić information content (AvgIpc) is 3.47. The summed E-state index contributed by atoms with van der Waals surface area (Å²) < 4.78 is 26.1. The number of halogens is 1. The molecule has 2 aromatic carbocycles. The number of para-hydroxylation sites is 1. The molecule has 3 heterocycles. The van der Waals surface area contributed by atoms with Crippen LogP contribution in [0.3, 0.4) is 0 Å². The third-order valence-corrected chi connectivity index (χ3v) is 6.57. The molecule has 0 aliphatic carbocycles. The molecule has 0 radical (unpaired) electrons. The Labute approximate surface area is 192 Å². The van der Waals surface area contributed by atoms with Gasteiger partial charge in [-0.1, -0.05) is 36.0 Å². The summed E-state index contributed by atoms with van der Waals surface area (Å²) in [5.74, 6) is -0.446. The lowest BCUT2D eigenvalue weighted by atomic mass is 10.2. The van der Waals surface area contributed by atoms with Gasteiger partial charge in [0.25, 0.3) is 5.56 Å². The number of rotatable bonds is 7. The van der Waals surface area contributed by atoms with E-state index in [2.05, 4.69) is 5.32 Å². The van der Waals surface area contributed by atoms with Crippen molar-refractivity contribution in [2.45, 2.75) is 37.2 Å². The number of nitrogens with zero attached hydrogens (tertiary/aromatic N) is 2. The van der Waals surface area contributed by atoms with Gasteiger partial charge in [0.1, 0.15) is 16.9 Å². The van der Waals surface area contributed by atoms with Crippen LogP contribution < -0.4 is 10.9 Å². The van der Waals surface area contributed by atoms with Gasteiger partial charge in [0.15, 0.2) is 5.16 Å². The van der Waals surface area contributed by atoms with Crippen molar-refractivity contribution < 1.29 is 18.3 Å². The monoisotopic (exact) mass is 467 g/mol. The highest BCUT2D eigenvalue weighted by Crippen LogP contribution is 2.28. The van der Waals surface area contributed by atoms with Crippen LogP contribution in [0.2, 0.25) is 0 Å². The first-order valence-corrected chi connectivity index (χ1v) is 11.7. The molecule has 170 valence electrons. The minimum Gasteiger partial charge on any atom is -0.448 e. The minimum atomic E-state index is -0.321. The van der Waals surface area contributed by atoms with E-state index < -0.39 is 0 Å². The molecule has 0 spiro atoms. The smallest absolute Gasteiger partial charge is 0.297 e. The Morgan fingerprint density at radius 1 is 1.21 bits per heavy atom. The number of nitrogens with one attached hydrogen (secondary N) is 1. The number of carbonyl (C=O) groups is 1. The summed E-state index contributed by atoms with van der Waals surface area (Å²) in [7, 11) is 0. The summed E-state index contributed by atoms with van der Waals surface area (Å²) in [5.41, 5.74) is 1.82. The first-order chi connectivity index (χ1) is 16.1. The molecule has 1 aliphatic rings. The van der Waals surface area contributed by atoms with Gasteiger partial charge < -0.3 is 14.5 Å². The van der Waals surface area contributed by atoms with Crippen LogP contribution in [0.5, 0.6) is 0 Å². The topological polar surface area (TPSA) is 86.4 Å². The number of furan rings is 1. The van der Waals surface area contributed by atoms with Crippen LogP contribution in [0.1, 0.15) is 18.4 Å². The van der Waals surface area contributed by atoms with Crippen LogP contribution in [-0.2, 0) is 22.6 Å². The highest BCUT2D eigenvalue weighted by atomic mass is 32.2. The van der Waals surface area contributed by atoms with Gasteiger partial charge in [-0.25, -0.2) is 9.37 Å². The number of ether oxygens (including phenoxy) is 1. The van der Waals surface area contributed by atoms with Crippen molar-refractivity contribution in [1.82, 2.24) is 14.9 Å². The Morgan fingerprint density at radius 2 is 2.03 bits per heavy atom. The van der Waals surface area contributed by atoms with Crippen molar-refractivity contribution in [3.8, 4) is 0 Å². The van der Waals surface area contributed by atoms with E-state index in [0.29, 0.717) is 36.0 Å². The Bertz CT molecular complexity index is 1360. The summed E-state index contributed by atoms with van der Waals surface area (Å²) in [6.07, 6.45) is 1.75. The number of amides is 1. The number of thioether (sulfide) groups is 1. The molecule has 7 nitrogen and oxygen atoms in total. The van der Waals surface area contributed by atoms with Gasteiger partial charge >= 0.3 is 0 Å². The predicted octanol–water partition coefficient (Wildman–Crippen LogP) is 3.87. The fraction of sp³-hybridized carbons (Fsp3) is 0.292. The van der Waals surface area contributed by atoms with Gasteiger partial charge in [0.2, 0.25) is 11.5 Å². The van der Waals surface area contributed by atoms with Crippen LogP contribution in [-0.4, -0.2) is 33.9 Å². The molecule has 0 unspecified atom stereocenters. The lowest BCUT2D eigenvalue weighted by molar-refractivity contribution is -0.118. The van der Waals surface area contributed by atoms with E-state index in [1.165, 1.54) is 23.9 Å². The third-order valence-electron chi connectivity index (χ3n) is 5.59. The number of fused-ring (bicyclic) bond motifs is 3. The van der Waals surface area contributed by atoms with Crippen LogP contribution >= 0.6 is 11.8 Å². The first kappa shape index (κ1) is 21.7. The summed E-state index contributed by atoms with van der Waals surface area (Å²) in [4.78, 5) is 30.5. The molecule has 4 aromatic rings. The summed E-state index contributed by atoms with van der Waals surface area (Å²) in [6, 6.07) is 13.3. The van der Waals surface area contributed by atoms with Crippen LogP contribution in [0.4, 0.5) is 4.39 Å². The van der Waals surface area contributed by atoms with E-state index >= 15 is 0 Å². The van der Waals surface area contributed by atoms with Gasteiger partial charge in [-0.15, -0.1) is 0 Å². The summed E-state index contributed by atoms with van der Waals surface area (Å²) in [5, 5.41) is 4.03. The van der Waals surface area contributed by atoms with Crippen molar-refractivity contribution in [3.63, 3.8) is 0 Å². The van der Waals surface area contributed by atoms with E-state index in [-0.39, 0.29) is 34.7 Å². The standard InChI is InChI=1S/C24H22FN3O4S/c25-16-9-7-15(8-10-16)12-26-20(29)14-33-24-27-21-18-5-1-2-6-19(18)32-22(21)23(30)28(24)13-17-4-3-11-31-17/h1-2,5-10,17H,3-4,11-14H2,(H,26,29)/t17-/m1/s1. The van der Waals surface area contributed by atoms with E-state index in [1.54, 1.807) is 22.8 Å². The molecule has 1 aliphatic heterocycles. The highest BCUT2D eigenvalue weighted by molar-refractivity contribution is 7.99. The zero-order valence-corrected chi connectivity index (χ0v) is 18.6. The van der Waals surface area contributed by atoms with E-state index in [9.17, 15) is 14.0 Å². The van der Waals surface area contributed by atoms with Gasteiger partial charge in [-0.2, -0.15) is 0 Å². The van der Waals surface area contributed by atoms with E-state index in [1.807, 2.05) is 18.2 Å². The van der Waals surface area contributed by atoms with Gasteiger partial charge in [0.05, 0.1) is 18.4 Å². The highest BCUT2D eigenvalue weighted by Gasteiger charge is 2.23. The molecule has 1 saturated heterocycles. The normalized spacial score (nSPS) is 16.0. The van der Waals surface area contributed by atoms with Gasteiger partial charge in [0, 0.05) is 18.5 Å². The summed E-state index contributed by atoms with van der Waals surface area (Å²) >= 11 is 1.20. The Morgan fingerprint density at radius 3 is 2.82 bits per heavy atom. The van der Waals surface area contributed by atoms with Crippen molar-refractivity contribution in [1.29, 1.82) is 0 Å². The average molecular weight is 468 g/mol. The Hall–Kier alpha value is -3.17. The van der Waals surface area contributed by atoms with Crippen LogP contribution in [0.25, 0.3) is 22.1 Å². The molecule has 9 heteroatoms. The van der Waals surface area contributed by atoms with Gasteiger partial charge in [-0.05, 0) is 42.7 Å². The van der Waals surface area contributed by atoms with Crippen LogP contribution in [0, 0.1) is 5.82 Å². The molecule has 33 heavy (non-hydrogen) atoms. The Balaban J connectivity index is 1.39. The van der Waals surface area contributed by atoms with Crippen molar-refractivity contribution >= 4 is 39.7 Å². The number of carbonyl (C=O) groups excluding carboxylic acids is 1. The fourth-order valence-corrected chi connectivity index (χ4v) is 4.73. The molecule has 2 aromatic heterocycles. The molecular weight excluding hydrogens is 445 g/mol. The maximum Gasteiger partial charge on any atom is 0.297 e. The molecule has 1 amide bonds. The minimum absolute atomic E-state index is 0.0713. The fourth-order valence-electron chi connectivity index (χ4n) is 3.90. The molecular formula is C24H22FN3O4S. The number of benzene rings is 2. The third kappa shape index (κ3) is 4.65. The molecule has 0 bridgehead atoms. The van der Waals surface area contributed by atoms with Crippen molar-refractivity contribution in [3.05, 3.63) is 70.3 Å². The lowest BCUT2D eigenvalue weighted by Crippen LogP contribution is -2.29. The lowest BCUT2D eigenvalue weighted by Gasteiger charge is -2.15.